The summed E-state index contributed by atoms with van der Waals surface area (Å²) in [6.45, 7) is 6.29. The minimum atomic E-state index is -0.614. The summed E-state index contributed by atoms with van der Waals surface area (Å²) in [5.74, 6) is -1.17. The lowest BCUT2D eigenvalue weighted by Gasteiger charge is -2.08. The van der Waals surface area contributed by atoms with Crippen LogP contribution >= 0.6 is 23.2 Å². The Kier molecular flexibility index (Phi) is 6.72. The van der Waals surface area contributed by atoms with E-state index < -0.39 is 11.8 Å². The van der Waals surface area contributed by atoms with E-state index in [9.17, 15) is 9.59 Å². The molecule has 1 aromatic carbocycles. The number of rotatable bonds is 5. The fourth-order valence-corrected chi connectivity index (χ4v) is 1.81. The number of hydrogen-bond acceptors (Lipinski definition) is 2. The third kappa shape index (κ3) is 5.06. The molecule has 4 nitrogen and oxygen atoms in total. The molecule has 1 aromatic rings. The van der Waals surface area contributed by atoms with Crippen LogP contribution in [0, 0.1) is 13.8 Å². The Labute approximate surface area is 134 Å². The Hall–Kier alpha value is -1.52. The van der Waals surface area contributed by atoms with Crippen LogP contribution in [0.5, 0.6) is 0 Å². The Bertz CT molecular complexity index is 583. The topological polar surface area (TPSA) is 58.2 Å². The van der Waals surface area contributed by atoms with Crippen molar-refractivity contribution >= 4 is 40.7 Å². The van der Waals surface area contributed by atoms with Gasteiger partial charge in [0, 0.05) is 12.2 Å². The summed E-state index contributed by atoms with van der Waals surface area (Å²) in [6.07, 6.45) is 0.766. The van der Waals surface area contributed by atoms with Gasteiger partial charge in [0.25, 0.3) is 11.8 Å². The predicted octanol–water partition coefficient (Wildman–Crippen LogP) is 3.46. The minimum Gasteiger partial charge on any atom is -0.351 e. The molecule has 0 unspecified atom stereocenters. The highest BCUT2D eigenvalue weighted by atomic mass is 35.5. The highest BCUT2D eigenvalue weighted by Crippen LogP contribution is 2.19. The second kappa shape index (κ2) is 8.05. The van der Waals surface area contributed by atoms with Crippen molar-refractivity contribution in [1.82, 2.24) is 5.32 Å². The molecule has 6 heteroatoms. The van der Waals surface area contributed by atoms with Crippen molar-refractivity contribution in [3.8, 4) is 0 Å². The van der Waals surface area contributed by atoms with Gasteiger partial charge in [-0.15, -0.1) is 0 Å². The number of halogens is 2. The quantitative estimate of drug-likeness (QED) is 0.813. The molecule has 0 aromatic heterocycles. The Morgan fingerprint density at radius 3 is 2.24 bits per heavy atom. The molecule has 21 heavy (non-hydrogen) atoms. The highest BCUT2D eigenvalue weighted by molar-refractivity contribution is 6.54. The van der Waals surface area contributed by atoms with Crippen LogP contribution in [0.25, 0.3) is 0 Å². The van der Waals surface area contributed by atoms with Crippen LogP contribution in [-0.2, 0) is 9.59 Å². The number of nitrogens with one attached hydrogen (secondary N) is 2. The van der Waals surface area contributed by atoms with E-state index in [0.717, 1.165) is 17.5 Å². The van der Waals surface area contributed by atoms with Gasteiger partial charge in [-0.25, -0.2) is 0 Å². The van der Waals surface area contributed by atoms with Gasteiger partial charge >= 0.3 is 0 Å². The van der Waals surface area contributed by atoms with Gasteiger partial charge in [-0.1, -0.05) is 36.2 Å². The standard InChI is InChI=1S/C15H18Cl2N2O2/c1-4-7-18-14(20)12(16)13(17)15(21)19-11-6-5-9(2)10(3)8-11/h5-6,8H,4,7H2,1-3H3,(H,18,20)(H,19,21)/b13-12-. The second-order valence-electron chi connectivity index (χ2n) is 4.64. The molecular weight excluding hydrogens is 311 g/mol. The average molecular weight is 329 g/mol. The van der Waals surface area contributed by atoms with Gasteiger partial charge in [-0.05, 0) is 43.5 Å². The van der Waals surface area contributed by atoms with E-state index in [1.807, 2.05) is 32.9 Å². The zero-order chi connectivity index (χ0) is 16.0. The molecule has 0 saturated carbocycles. The molecule has 0 radical (unpaired) electrons. The van der Waals surface area contributed by atoms with E-state index in [4.69, 9.17) is 23.2 Å². The Morgan fingerprint density at radius 2 is 1.67 bits per heavy atom. The zero-order valence-electron chi connectivity index (χ0n) is 12.2. The van der Waals surface area contributed by atoms with Crippen LogP contribution < -0.4 is 10.6 Å². The number of anilines is 1. The molecule has 0 heterocycles. The Morgan fingerprint density at radius 1 is 1.05 bits per heavy atom. The van der Waals surface area contributed by atoms with Crippen molar-refractivity contribution in [3.63, 3.8) is 0 Å². The third-order valence-corrected chi connectivity index (χ3v) is 3.71. The maximum absolute atomic E-state index is 12.0. The molecule has 0 atom stereocenters. The summed E-state index contributed by atoms with van der Waals surface area (Å²) in [6, 6.07) is 5.47. The summed E-state index contributed by atoms with van der Waals surface area (Å²) in [5.41, 5.74) is 2.76. The lowest BCUT2D eigenvalue weighted by Crippen LogP contribution is -2.26. The van der Waals surface area contributed by atoms with Crippen molar-refractivity contribution in [2.24, 2.45) is 0 Å². The lowest BCUT2D eigenvalue weighted by atomic mass is 10.1. The van der Waals surface area contributed by atoms with Crippen molar-refractivity contribution < 1.29 is 9.59 Å². The second-order valence-corrected chi connectivity index (χ2v) is 5.39. The molecule has 0 aliphatic heterocycles. The van der Waals surface area contributed by atoms with E-state index in [1.54, 1.807) is 6.07 Å². The van der Waals surface area contributed by atoms with E-state index in [1.165, 1.54) is 0 Å². The first kappa shape index (κ1) is 17.5. The fourth-order valence-electron chi connectivity index (χ4n) is 1.52. The summed E-state index contributed by atoms with van der Waals surface area (Å²) in [7, 11) is 0. The number of aryl methyl sites for hydroxylation is 2. The highest BCUT2D eigenvalue weighted by Gasteiger charge is 2.17. The molecule has 114 valence electrons. The third-order valence-electron chi connectivity index (χ3n) is 2.89. The minimum absolute atomic E-state index is 0.313. The van der Waals surface area contributed by atoms with Crippen LogP contribution in [0.3, 0.4) is 0 Å². The molecule has 1 rings (SSSR count). The van der Waals surface area contributed by atoms with Gasteiger partial charge in [0.2, 0.25) is 0 Å². The number of hydrogen-bond donors (Lipinski definition) is 2. The van der Waals surface area contributed by atoms with Crippen molar-refractivity contribution in [3.05, 3.63) is 39.4 Å². The van der Waals surface area contributed by atoms with Crippen LogP contribution in [0.2, 0.25) is 0 Å². The van der Waals surface area contributed by atoms with E-state index in [0.29, 0.717) is 12.2 Å². The number of benzene rings is 1. The van der Waals surface area contributed by atoms with E-state index >= 15 is 0 Å². The number of amides is 2. The van der Waals surface area contributed by atoms with Gasteiger partial charge in [-0.2, -0.15) is 0 Å². The zero-order valence-corrected chi connectivity index (χ0v) is 13.7. The molecule has 0 saturated heterocycles. The molecule has 0 aliphatic rings. The summed E-state index contributed by atoms with van der Waals surface area (Å²) in [5, 5.41) is 4.52. The Balaban J connectivity index is 2.81. The van der Waals surface area contributed by atoms with Crippen molar-refractivity contribution in [2.75, 3.05) is 11.9 Å². The predicted molar refractivity (Wildman–Crippen MR) is 86.6 cm³/mol. The monoisotopic (exact) mass is 328 g/mol. The molecule has 0 aliphatic carbocycles. The first-order valence-electron chi connectivity index (χ1n) is 6.58. The van der Waals surface area contributed by atoms with E-state index in [-0.39, 0.29) is 10.1 Å². The smallest absolute Gasteiger partial charge is 0.268 e. The molecular formula is C15H18Cl2N2O2. The first-order chi connectivity index (χ1) is 9.86. The number of carbonyl (C=O) groups is 2. The van der Waals surface area contributed by atoms with Crippen LogP contribution in [0.1, 0.15) is 24.5 Å². The van der Waals surface area contributed by atoms with Crippen molar-refractivity contribution in [1.29, 1.82) is 0 Å². The van der Waals surface area contributed by atoms with Gasteiger partial charge in [0.1, 0.15) is 10.1 Å². The summed E-state index contributed by atoms with van der Waals surface area (Å²) < 4.78 is 0. The average Bonchev–Trinajstić information content (AvgIpc) is 2.46. The normalized spacial score (nSPS) is 11.7. The van der Waals surface area contributed by atoms with Crippen molar-refractivity contribution in [2.45, 2.75) is 27.2 Å². The van der Waals surface area contributed by atoms with Gasteiger partial charge < -0.3 is 10.6 Å². The summed E-state index contributed by atoms with van der Waals surface area (Å²) >= 11 is 11.7. The van der Waals surface area contributed by atoms with E-state index in [2.05, 4.69) is 10.6 Å². The van der Waals surface area contributed by atoms with Gasteiger partial charge in [0.05, 0.1) is 0 Å². The maximum atomic E-state index is 12.0. The van der Waals surface area contributed by atoms with Crippen LogP contribution in [-0.4, -0.2) is 18.4 Å². The largest absolute Gasteiger partial charge is 0.351 e. The van der Waals surface area contributed by atoms with Gasteiger partial charge in [0.15, 0.2) is 0 Å². The number of carbonyl (C=O) groups excluding carboxylic acids is 2. The lowest BCUT2D eigenvalue weighted by molar-refractivity contribution is -0.117. The van der Waals surface area contributed by atoms with Crippen LogP contribution in [0.15, 0.2) is 28.3 Å². The van der Waals surface area contributed by atoms with Crippen LogP contribution in [0.4, 0.5) is 5.69 Å². The molecule has 0 bridgehead atoms. The van der Waals surface area contributed by atoms with Gasteiger partial charge in [-0.3, -0.25) is 9.59 Å². The molecule has 2 N–H and O–H groups in total. The molecule has 0 spiro atoms. The first-order valence-corrected chi connectivity index (χ1v) is 7.34. The fraction of sp³-hybridized carbons (Fsp3) is 0.333. The summed E-state index contributed by atoms with van der Waals surface area (Å²) in [4.78, 5) is 23.6. The SMILES string of the molecule is CCCNC(=O)/C(Cl)=C(/Cl)C(=O)Nc1ccc(C)c(C)c1. The molecule has 2 amide bonds. The molecule has 0 fully saturated rings. The maximum Gasteiger partial charge on any atom is 0.268 e.